The third-order valence-corrected chi connectivity index (χ3v) is 5.32. The number of rotatable bonds is 4. The first-order valence-corrected chi connectivity index (χ1v) is 9.78. The van der Waals surface area contributed by atoms with Crippen LogP contribution in [0.15, 0.2) is 84.4 Å². The molecule has 3 aromatic rings. The van der Waals surface area contributed by atoms with Gasteiger partial charge >= 0.3 is 0 Å². The number of carbonyl (C=O) groups is 2. The molecule has 1 atom stereocenters. The summed E-state index contributed by atoms with van der Waals surface area (Å²) in [6, 6.07) is 20.5. The summed E-state index contributed by atoms with van der Waals surface area (Å²) in [7, 11) is 3.80. The van der Waals surface area contributed by atoms with Crippen LogP contribution in [0.3, 0.4) is 0 Å². The van der Waals surface area contributed by atoms with Gasteiger partial charge in [0.1, 0.15) is 11.6 Å². The van der Waals surface area contributed by atoms with E-state index in [1.807, 2.05) is 31.1 Å². The topological polar surface area (TPSA) is 60.9 Å². The van der Waals surface area contributed by atoms with Gasteiger partial charge in [-0.2, -0.15) is 0 Å². The van der Waals surface area contributed by atoms with Crippen LogP contribution in [0.2, 0.25) is 0 Å². The van der Waals surface area contributed by atoms with Crippen molar-refractivity contribution in [1.29, 1.82) is 0 Å². The molecule has 1 N–H and O–H groups in total. The standard InChI is InChI=1S/C25H21FN2O3/c1-27(2)19-12-14-20(15-13-19)28-22(16-8-10-18(26)11-9-16)21(24(30)25(28)31)23(29)17-6-4-3-5-7-17/h3-15,22,29H,1-2H3/b23-21+/t22-/m0/s1. The summed E-state index contributed by atoms with van der Waals surface area (Å²) >= 11 is 0. The van der Waals surface area contributed by atoms with Crippen molar-refractivity contribution < 1.29 is 19.1 Å². The Bertz CT molecular complexity index is 1150. The van der Waals surface area contributed by atoms with Crippen LogP contribution >= 0.6 is 0 Å². The van der Waals surface area contributed by atoms with Gasteiger partial charge in [0.25, 0.3) is 11.7 Å². The molecule has 4 rings (SSSR count). The second-order valence-corrected chi connectivity index (χ2v) is 7.50. The van der Waals surface area contributed by atoms with Crippen molar-refractivity contribution in [3.63, 3.8) is 0 Å². The Morgan fingerprint density at radius 3 is 2.10 bits per heavy atom. The van der Waals surface area contributed by atoms with E-state index in [0.29, 0.717) is 16.8 Å². The molecule has 1 heterocycles. The number of hydrogen-bond acceptors (Lipinski definition) is 4. The number of anilines is 2. The summed E-state index contributed by atoms with van der Waals surface area (Å²) in [5, 5.41) is 11.0. The average Bonchev–Trinajstić information content (AvgIpc) is 3.05. The number of aliphatic hydroxyl groups is 1. The second kappa shape index (κ2) is 8.07. The van der Waals surface area contributed by atoms with Crippen molar-refractivity contribution in [1.82, 2.24) is 0 Å². The van der Waals surface area contributed by atoms with Gasteiger partial charge in [0.2, 0.25) is 0 Å². The quantitative estimate of drug-likeness (QED) is 0.386. The van der Waals surface area contributed by atoms with Crippen LogP contribution in [-0.2, 0) is 9.59 Å². The molecule has 3 aromatic carbocycles. The lowest BCUT2D eigenvalue weighted by Gasteiger charge is -2.26. The van der Waals surface area contributed by atoms with Crippen molar-refractivity contribution in [2.75, 3.05) is 23.9 Å². The summed E-state index contributed by atoms with van der Waals surface area (Å²) in [5.41, 5.74) is 2.36. The fraction of sp³-hybridized carbons (Fsp3) is 0.120. The van der Waals surface area contributed by atoms with E-state index in [9.17, 15) is 19.1 Å². The van der Waals surface area contributed by atoms with Gasteiger partial charge in [-0.1, -0.05) is 42.5 Å². The monoisotopic (exact) mass is 416 g/mol. The molecule has 156 valence electrons. The van der Waals surface area contributed by atoms with Gasteiger partial charge in [0, 0.05) is 31.0 Å². The second-order valence-electron chi connectivity index (χ2n) is 7.50. The zero-order chi connectivity index (χ0) is 22.1. The Kier molecular flexibility index (Phi) is 5.29. The van der Waals surface area contributed by atoms with Crippen molar-refractivity contribution in [3.05, 3.63) is 101 Å². The number of aliphatic hydroxyl groups excluding tert-OH is 1. The lowest BCUT2D eigenvalue weighted by Crippen LogP contribution is -2.29. The fourth-order valence-corrected chi connectivity index (χ4v) is 3.72. The van der Waals surface area contributed by atoms with E-state index in [-0.39, 0.29) is 11.3 Å². The molecule has 1 saturated heterocycles. The van der Waals surface area contributed by atoms with Crippen molar-refractivity contribution in [2.24, 2.45) is 0 Å². The first-order valence-electron chi connectivity index (χ1n) is 9.78. The molecule has 5 nitrogen and oxygen atoms in total. The van der Waals surface area contributed by atoms with Gasteiger partial charge < -0.3 is 10.0 Å². The van der Waals surface area contributed by atoms with Gasteiger partial charge in [-0.3, -0.25) is 14.5 Å². The Morgan fingerprint density at radius 2 is 1.52 bits per heavy atom. The van der Waals surface area contributed by atoms with E-state index in [2.05, 4.69) is 0 Å². The molecule has 31 heavy (non-hydrogen) atoms. The van der Waals surface area contributed by atoms with Crippen LogP contribution in [0.1, 0.15) is 17.2 Å². The molecule has 1 fully saturated rings. The normalized spacial score (nSPS) is 17.8. The predicted octanol–water partition coefficient (Wildman–Crippen LogP) is 4.52. The minimum Gasteiger partial charge on any atom is -0.507 e. The van der Waals surface area contributed by atoms with Crippen LogP contribution in [0.5, 0.6) is 0 Å². The number of hydrogen-bond donors (Lipinski definition) is 1. The maximum atomic E-state index is 13.6. The third kappa shape index (κ3) is 3.68. The van der Waals surface area contributed by atoms with E-state index in [0.717, 1.165) is 5.69 Å². The van der Waals surface area contributed by atoms with Gasteiger partial charge in [-0.15, -0.1) is 0 Å². The number of carbonyl (C=O) groups excluding carboxylic acids is 2. The van der Waals surface area contributed by atoms with Crippen LogP contribution in [-0.4, -0.2) is 30.9 Å². The number of nitrogens with zero attached hydrogens (tertiary/aromatic N) is 2. The van der Waals surface area contributed by atoms with Gasteiger partial charge in [0.05, 0.1) is 11.6 Å². The lowest BCUT2D eigenvalue weighted by atomic mass is 9.95. The van der Waals surface area contributed by atoms with Crippen LogP contribution in [0, 0.1) is 5.82 Å². The molecule has 0 unspecified atom stereocenters. The van der Waals surface area contributed by atoms with E-state index in [4.69, 9.17) is 0 Å². The first-order chi connectivity index (χ1) is 14.9. The maximum Gasteiger partial charge on any atom is 0.300 e. The van der Waals surface area contributed by atoms with Crippen molar-refractivity contribution in [3.8, 4) is 0 Å². The Morgan fingerprint density at radius 1 is 0.903 bits per heavy atom. The third-order valence-electron chi connectivity index (χ3n) is 5.32. The highest BCUT2D eigenvalue weighted by atomic mass is 19.1. The lowest BCUT2D eigenvalue weighted by molar-refractivity contribution is -0.132. The number of amides is 1. The van der Waals surface area contributed by atoms with Crippen molar-refractivity contribution >= 4 is 28.8 Å². The summed E-state index contributed by atoms with van der Waals surface area (Å²) in [6.45, 7) is 0. The van der Waals surface area contributed by atoms with Gasteiger partial charge in [0.15, 0.2) is 0 Å². The fourth-order valence-electron chi connectivity index (χ4n) is 3.72. The number of benzene rings is 3. The summed E-state index contributed by atoms with van der Waals surface area (Å²) in [6.07, 6.45) is 0. The highest BCUT2D eigenvalue weighted by Crippen LogP contribution is 2.42. The largest absolute Gasteiger partial charge is 0.507 e. The summed E-state index contributed by atoms with van der Waals surface area (Å²) < 4.78 is 13.6. The SMILES string of the molecule is CN(C)c1ccc(N2C(=O)C(=O)/C(=C(/O)c3ccccc3)[C@@H]2c2ccc(F)cc2)cc1. The minimum atomic E-state index is -0.883. The number of Topliss-reactive ketones (excluding diaryl/α,β-unsaturated/α-hetero) is 1. The summed E-state index contributed by atoms with van der Waals surface area (Å²) in [4.78, 5) is 29.4. The highest BCUT2D eigenvalue weighted by molar-refractivity contribution is 6.51. The number of ketones is 1. The Balaban J connectivity index is 1.90. The van der Waals surface area contributed by atoms with Gasteiger partial charge in [-0.05, 0) is 42.0 Å². The zero-order valence-electron chi connectivity index (χ0n) is 17.1. The molecule has 6 heteroatoms. The van der Waals surface area contributed by atoms with Crippen LogP contribution in [0.25, 0.3) is 5.76 Å². The molecule has 1 aliphatic heterocycles. The highest BCUT2D eigenvalue weighted by Gasteiger charge is 2.46. The molecule has 0 aliphatic carbocycles. The molecule has 0 radical (unpaired) electrons. The smallest absolute Gasteiger partial charge is 0.300 e. The molecule has 1 aliphatic rings. The molecule has 0 bridgehead atoms. The number of halogens is 1. The minimum absolute atomic E-state index is 0.0282. The van der Waals surface area contributed by atoms with E-state index >= 15 is 0 Å². The van der Waals surface area contributed by atoms with Crippen LogP contribution < -0.4 is 9.80 Å². The Labute approximate surface area is 179 Å². The van der Waals surface area contributed by atoms with E-state index in [1.54, 1.807) is 42.5 Å². The molecular weight excluding hydrogens is 395 g/mol. The molecular formula is C25H21FN2O3. The van der Waals surface area contributed by atoms with Crippen LogP contribution in [0.4, 0.5) is 15.8 Å². The predicted molar refractivity (Wildman–Crippen MR) is 118 cm³/mol. The van der Waals surface area contributed by atoms with E-state index < -0.39 is 23.5 Å². The molecule has 0 aromatic heterocycles. The Hall–Kier alpha value is -3.93. The summed E-state index contributed by atoms with van der Waals surface area (Å²) in [5.74, 6) is -2.23. The molecule has 0 saturated carbocycles. The molecule has 1 amide bonds. The first kappa shape index (κ1) is 20.3. The molecule has 0 spiro atoms. The van der Waals surface area contributed by atoms with Crippen molar-refractivity contribution in [2.45, 2.75) is 6.04 Å². The maximum absolute atomic E-state index is 13.6. The zero-order valence-corrected chi connectivity index (χ0v) is 17.1. The van der Waals surface area contributed by atoms with E-state index in [1.165, 1.54) is 29.2 Å². The van der Waals surface area contributed by atoms with Gasteiger partial charge in [-0.25, -0.2) is 4.39 Å². The average molecular weight is 416 g/mol.